The Morgan fingerprint density at radius 3 is 2.29 bits per heavy atom. The summed E-state index contributed by atoms with van der Waals surface area (Å²) < 4.78 is 68.5. The fraction of sp³-hybridized carbons (Fsp3) is 0.417. The Morgan fingerprint density at radius 2 is 1.74 bits per heavy atom. The van der Waals surface area contributed by atoms with Gasteiger partial charge in [0, 0.05) is 35.1 Å². The SMILES string of the molecule is Cc1c(N(CC(Cc2ccc(OC(F)(F)F)cc2)N(C)CC(C)C)S(=O)[O-])sc2ccccc12. The summed E-state index contributed by atoms with van der Waals surface area (Å²) in [5.74, 6) is 0.0684. The van der Waals surface area contributed by atoms with Crippen molar-refractivity contribution < 1.29 is 26.7 Å². The molecule has 0 N–H and O–H groups in total. The van der Waals surface area contributed by atoms with E-state index in [-0.39, 0.29) is 18.3 Å². The molecule has 2 atom stereocenters. The minimum atomic E-state index is -4.75. The standard InChI is InChI=1S/C24H29F3N2O3S2/c1-16(2)14-28(4)19(13-18-9-11-20(12-10-18)32-24(25,26)27)15-29(34(30)31)23-17(3)21-7-5-6-8-22(21)33-23/h5-12,16,19H,13-15H2,1-4H3,(H,30,31)/p-1. The van der Waals surface area contributed by atoms with E-state index in [0.717, 1.165) is 27.8 Å². The molecule has 0 amide bonds. The fourth-order valence-corrected chi connectivity index (χ4v) is 5.97. The van der Waals surface area contributed by atoms with Crippen molar-refractivity contribution >= 4 is 37.7 Å². The number of halogens is 3. The van der Waals surface area contributed by atoms with Crippen LogP contribution in [-0.4, -0.2) is 46.2 Å². The van der Waals surface area contributed by atoms with Crippen LogP contribution in [0.25, 0.3) is 10.1 Å². The first-order valence-electron chi connectivity index (χ1n) is 10.8. The van der Waals surface area contributed by atoms with Crippen LogP contribution in [0.4, 0.5) is 18.2 Å². The maximum Gasteiger partial charge on any atom is 0.573 e. The van der Waals surface area contributed by atoms with Crippen molar-refractivity contribution in [3.63, 3.8) is 0 Å². The number of ether oxygens (including phenoxy) is 1. The topological polar surface area (TPSA) is 55.8 Å². The first-order valence-corrected chi connectivity index (χ1v) is 12.7. The zero-order chi connectivity index (χ0) is 25.0. The number of aryl methyl sites for hydroxylation is 1. The molecule has 0 saturated heterocycles. The monoisotopic (exact) mass is 513 g/mol. The molecule has 34 heavy (non-hydrogen) atoms. The van der Waals surface area contributed by atoms with E-state index in [1.807, 2.05) is 38.2 Å². The van der Waals surface area contributed by atoms with Crippen LogP contribution in [0.1, 0.15) is 25.0 Å². The van der Waals surface area contributed by atoms with Crippen LogP contribution >= 0.6 is 11.3 Å². The van der Waals surface area contributed by atoms with Crippen LogP contribution in [0.2, 0.25) is 0 Å². The number of benzene rings is 2. The summed E-state index contributed by atoms with van der Waals surface area (Å²) in [6.07, 6.45) is -4.28. The Morgan fingerprint density at radius 1 is 1.09 bits per heavy atom. The molecule has 0 fully saturated rings. The van der Waals surface area contributed by atoms with Gasteiger partial charge in [-0.15, -0.1) is 24.5 Å². The average Bonchev–Trinajstić information content (AvgIpc) is 3.07. The van der Waals surface area contributed by atoms with E-state index < -0.39 is 17.6 Å². The lowest BCUT2D eigenvalue weighted by molar-refractivity contribution is -0.274. The number of fused-ring (bicyclic) bond motifs is 1. The predicted octanol–water partition coefficient (Wildman–Crippen LogP) is 5.91. The molecule has 10 heteroatoms. The van der Waals surface area contributed by atoms with Gasteiger partial charge in [0.15, 0.2) is 0 Å². The quantitative estimate of drug-likeness (QED) is 0.317. The molecule has 0 radical (unpaired) electrons. The van der Waals surface area contributed by atoms with Gasteiger partial charge in [-0.1, -0.05) is 44.2 Å². The Labute approximate surface area is 204 Å². The average molecular weight is 514 g/mol. The van der Waals surface area contributed by atoms with Crippen molar-refractivity contribution in [1.29, 1.82) is 0 Å². The second-order valence-electron chi connectivity index (χ2n) is 8.69. The van der Waals surface area contributed by atoms with Gasteiger partial charge in [-0.05, 0) is 61.0 Å². The number of nitrogens with zero attached hydrogens (tertiary/aromatic N) is 2. The molecule has 0 aliphatic heterocycles. The maximum atomic E-state index is 12.5. The van der Waals surface area contributed by atoms with Gasteiger partial charge in [-0.2, -0.15) is 0 Å². The molecule has 0 aliphatic carbocycles. The van der Waals surface area contributed by atoms with Gasteiger partial charge < -0.3 is 14.2 Å². The van der Waals surface area contributed by atoms with E-state index in [1.165, 1.54) is 27.8 Å². The van der Waals surface area contributed by atoms with Gasteiger partial charge in [0.2, 0.25) is 0 Å². The van der Waals surface area contributed by atoms with Gasteiger partial charge in [0.25, 0.3) is 0 Å². The van der Waals surface area contributed by atoms with Gasteiger partial charge in [-0.3, -0.25) is 8.51 Å². The number of likely N-dealkylation sites (N-methyl/N-ethyl adjacent to an activating group) is 1. The molecule has 0 saturated carbocycles. The second-order valence-corrected chi connectivity index (χ2v) is 10.6. The summed E-state index contributed by atoms with van der Waals surface area (Å²) in [4.78, 5) is 2.10. The maximum absolute atomic E-state index is 12.5. The van der Waals surface area contributed by atoms with E-state index in [1.54, 1.807) is 12.1 Å². The van der Waals surface area contributed by atoms with Crippen molar-refractivity contribution in [2.45, 2.75) is 39.6 Å². The smallest absolute Gasteiger partial charge is 0.573 e. The van der Waals surface area contributed by atoms with Gasteiger partial charge >= 0.3 is 6.36 Å². The van der Waals surface area contributed by atoms with Crippen LogP contribution in [-0.2, 0) is 17.7 Å². The van der Waals surface area contributed by atoms with Crippen molar-refractivity contribution in [3.05, 3.63) is 59.7 Å². The van der Waals surface area contributed by atoms with Crippen LogP contribution < -0.4 is 9.04 Å². The third kappa shape index (κ3) is 6.94. The molecule has 0 bridgehead atoms. The predicted molar refractivity (Wildman–Crippen MR) is 131 cm³/mol. The summed E-state index contributed by atoms with van der Waals surface area (Å²) in [7, 11) is 1.94. The van der Waals surface area contributed by atoms with Gasteiger partial charge in [-0.25, -0.2) is 0 Å². The highest BCUT2D eigenvalue weighted by Gasteiger charge is 2.31. The van der Waals surface area contributed by atoms with Crippen molar-refractivity contribution in [2.24, 2.45) is 5.92 Å². The normalized spacial score (nSPS) is 14.1. The number of hydrogen-bond donors (Lipinski definition) is 0. The number of alkyl halides is 3. The van der Waals surface area contributed by atoms with Crippen LogP contribution in [0.15, 0.2) is 48.5 Å². The number of hydrogen-bond acceptors (Lipinski definition) is 5. The highest BCUT2D eigenvalue weighted by molar-refractivity contribution is 7.81. The Kier molecular flexibility index (Phi) is 8.62. The van der Waals surface area contributed by atoms with Crippen LogP contribution in [0, 0.1) is 12.8 Å². The molecule has 186 valence electrons. The van der Waals surface area contributed by atoms with Crippen molar-refractivity contribution in [2.75, 3.05) is 24.4 Å². The summed E-state index contributed by atoms with van der Waals surface area (Å²) in [5, 5.41) is 1.69. The number of rotatable bonds is 10. The molecule has 0 aliphatic rings. The van der Waals surface area contributed by atoms with Crippen molar-refractivity contribution in [1.82, 2.24) is 4.90 Å². The molecular weight excluding hydrogens is 485 g/mol. The van der Waals surface area contributed by atoms with E-state index in [2.05, 4.69) is 23.5 Å². The highest BCUT2D eigenvalue weighted by Crippen LogP contribution is 2.38. The first kappa shape index (κ1) is 26.5. The zero-order valence-corrected chi connectivity index (χ0v) is 21.1. The van der Waals surface area contributed by atoms with E-state index >= 15 is 0 Å². The summed E-state index contributed by atoms with van der Waals surface area (Å²) >= 11 is -1.06. The lowest BCUT2D eigenvalue weighted by Crippen LogP contribution is -2.45. The van der Waals surface area contributed by atoms with Gasteiger partial charge in [0.1, 0.15) is 10.8 Å². The summed E-state index contributed by atoms with van der Waals surface area (Å²) in [6.45, 7) is 7.03. The molecule has 3 rings (SSSR count). The Bertz CT molecular complexity index is 1120. The summed E-state index contributed by atoms with van der Waals surface area (Å²) in [5.41, 5.74) is 1.70. The molecule has 2 unspecified atom stereocenters. The molecule has 1 aromatic heterocycles. The molecule has 2 aromatic carbocycles. The third-order valence-electron chi connectivity index (χ3n) is 5.51. The third-order valence-corrected chi connectivity index (χ3v) is 7.61. The van der Waals surface area contributed by atoms with E-state index in [4.69, 9.17) is 0 Å². The largest absolute Gasteiger partial charge is 0.755 e. The second kappa shape index (κ2) is 11.1. The lowest BCUT2D eigenvalue weighted by atomic mass is 10.0. The van der Waals surface area contributed by atoms with E-state index in [9.17, 15) is 21.9 Å². The number of thiophene rings is 1. The summed E-state index contributed by atoms with van der Waals surface area (Å²) in [6, 6.07) is 13.3. The van der Waals surface area contributed by atoms with Gasteiger partial charge in [0.05, 0.1) is 0 Å². The molecule has 5 nitrogen and oxygen atoms in total. The first-order chi connectivity index (χ1) is 15.9. The molecule has 1 heterocycles. The highest BCUT2D eigenvalue weighted by atomic mass is 32.2. The molecular formula is C24H28F3N2O3S2-. The van der Waals surface area contributed by atoms with Crippen molar-refractivity contribution in [3.8, 4) is 5.75 Å². The minimum Gasteiger partial charge on any atom is -0.755 e. The Hall–Kier alpha value is -2.14. The zero-order valence-electron chi connectivity index (χ0n) is 19.5. The van der Waals surface area contributed by atoms with Crippen LogP contribution in [0.3, 0.4) is 0 Å². The molecule has 0 spiro atoms. The van der Waals surface area contributed by atoms with Crippen LogP contribution in [0.5, 0.6) is 5.75 Å². The number of anilines is 1. The molecule has 3 aromatic rings. The van der Waals surface area contributed by atoms with E-state index in [0.29, 0.717) is 17.3 Å². The minimum absolute atomic E-state index is 0.195. The lowest BCUT2D eigenvalue weighted by Gasteiger charge is -2.35. The Balaban J connectivity index is 1.88. The fourth-order valence-electron chi connectivity index (χ4n) is 3.99.